The Morgan fingerprint density at radius 3 is 2.38 bits per heavy atom. The van der Waals surface area contributed by atoms with Gasteiger partial charge in [-0.05, 0) is 40.2 Å². The van der Waals surface area contributed by atoms with Gasteiger partial charge in [0.05, 0.1) is 6.04 Å². The molecule has 1 atom stereocenters. The minimum absolute atomic E-state index is 0. The molecule has 1 aromatic rings. The summed E-state index contributed by atoms with van der Waals surface area (Å²) in [4.78, 5) is 18.0. The van der Waals surface area contributed by atoms with Crippen molar-refractivity contribution < 1.29 is 9.53 Å². The zero-order chi connectivity index (χ0) is 18.9. The number of nitrogens with zero attached hydrogens (tertiary/aromatic N) is 2. The van der Waals surface area contributed by atoms with E-state index in [1.54, 1.807) is 11.9 Å². The third-order valence-corrected chi connectivity index (χ3v) is 3.58. The highest BCUT2D eigenvalue weighted by Gasteiger charge is 2.20. The average Bonchev–Trinajstić information content (AvgIpc) is 2.56. The van der Waals surface area contributed by atoms with Crippen molar-refractivity contribution in [1.82, 2.24) is 15.5 Å². The predicted octanol–water partition coefficient (Wildman–Crippen LogP) is 3.79. The molecule has 1 amide bonds. The van der Waals surface area contributed by atoms with Gasteiger partial charge in [-0.1, -0.05) is 30.3 Å². The van der Waals surface area contributed by atoms with Crippen LogP contribution in [0.3, 0.4) is 0 Å². The molecule has 6 nitrogen and oxygen atoms in total. The van der Waals surface area contributed by atoms with E-state index in [1.165, 1.54) is 5.56 Å². The minimum Gasteiger partial charge on any atom is -0.444 e. The highest BCUT2D eigenvalue weighted by molar-refractivity contribution is 14.0. The maximum atomic E-state index is 12.1. The van der Waals surface area contributed by atoms with Gasteiger partial charge in [0.1, 0.15) is 5.60 Å². The van der Waals surface area contributed by atoms with Gasteiger partial charge in [-0.25, -0.2) is 4.79 Å². The largest absolute Gasteiger partial charge is 0.444 e. The van der Waals surface area contributed by atoms with Gasteiger partial charge in [0.25, 0.3) is 0 Å². The zero-order valence-corrected chi connectivity index (χ0v) is 19.0. The fourth-order valence-corrected chi connectivity index (χ4v) is 2.24. The fraction of sp³-hybridized carbons (Fsp3) is 0.579. The van der Waals surface area contributed by atoms with Crippen molar-refractivity contribution in [2.75, 3.05) is 26.7 Å². The van der Waals surface area contributed by atoms with Crippen LogP contribution in [0.5, 0.6) is 0 Å². The summed E-state index contributed by atoms with van der Waals surface area (Å²) >= 11 is 0. The number of guanidine groups is 1. The number of carbonyl (C=O) groups excluding carboxylic acids is 1. The van der Waals surface area contributed by atoms with Gasteiger partial charge in [-0.2, -0.15) is 0 Å². The molecule has 0 spiro atoms. The van der Waals surface area contributed by atoms with Crippen LogP contribution in [0.2, 0.25) is 0 Å². The first-order valence-corrected chi connectivity index (χ1v) is 8.77. The van der Waals surface area contributed by atoms with E-state index in [-0.39, 0.29) is 36.1 Å². The predicted molar refractivity (Wildman–Crippen MR) is 118 cm³/mol. The number of halogens is 1. The molecule has 0 heterocycles. The maximum absolute atomic E-state index is 12.1. The van der Waals surface area contributed by atoms with Gasteiger partial charge in [-0.3, -0.25) is 4.99 Å². The van der Waals surface area contributed by atoms with Gasteiger partial charge >= 0.3 is 6.09 Å². The van der Waals surface area contributed by atoms with E-state index in [2.05, 4.69) is 34.7 Å². The Kier molecular flexibility index (Phi) is 11.3. The fourth-order valence-electron chi connectivity index (χ4n) is 2.24. The summed E-state index contributed by atoms with van der Waals surface area (Å²) in [5.41, 5.74) is 0.704. The summed E-state index contributed by atoms with van der Waals surface area (Å²) < 4.78 is 5.41. The first kappa shape index (κ1) is 24.5. The number of ether oxygens (including phenoxy) is 1. The maximum Gasteiger partial charge on any atom is 0.410 e. The summed E-state index contributed by atoms with van der Waals surface area (Å²) in [5.74, 6) is 0.705. The third kappa shape index (κ3) is 9.26. The van der Waals surface area contributed by atoms with Crippen LogP contribution in [0.15, 0.2) is 35.3 Å². The topological polar surface area (TPSA) is 66.0 Å². The van der Waals surface area contributed by atoms with Crippen LogP contribution in [0.25, 0.3) is 0 Å². The monoisotopic (exact) mass is 476 g/mol. The number of aliphatic imine (C=N–C) groups is 1. The number of carbonyl (C=O) groups is 1. The molecule has 1 unspecified atom stereocenters. The molecule has 1 aromatic carbocycles. The van der Waals surface area contributed by atoms with Crippen molar-refractivity contribution in [2.24, 2.45) is 4.99 Å². The Balaban J connectivity index is 0.00000625. The van der Waals surface area contributed by atoms with Gasteiger partial charge < -0.3 is 20.3 Å². The van der Waals surface area contributed by atoms with E-state index in [9.17, 15) is 4.79 Å². The lowest BCUT2D eigenvalue weighted by molar-refractivity contribution is 0.0264. The summed E-state index contributed by atoms with van der Waals surface area (Å²) in [5, 5.41) is 6.59. The van der Waals surface area contributed by atoms with E-state index < -0.39 is 5.60 Å². The lowest BCUT2D eigenvalue weighted by Crippen LogP contribution is -2.44. The standard InChI is InChI=1S/C19H32N4O2.HI/c1-7-23(18(24)25-19(3,4)5)14-13-21-17(20-6)22-15(2)16-11-9-8-10-12-16;/h8-12,15H,7,13-14H2,1-6H3,(H2,20,21,22);1H. The second-order valence-electron chi connectivity index (χ2n) is 6.84. The van der Waals surface area contributed by atoms with E-state index in [4.69, 9.17) is 4.74 Å². The highest BCUT2D eigenvalue weighted by atomic mass is 127. The second kappa shape index (κ2) is 12.0. The van der Waals surface area contributed by atoms with Crippen LogP contribution in [0.4, 0.5) is 4.79 Å². The van der Waals surface area contributed by atoms with Crippen LogP contribution in [0.1, 0.15) is 46.2 Å². The van der Waals surface area contributed by atoms with Crippen molar-refractivity contribution >= 4 is 36.0 Å². The molecule has 0 saturated heterocycles. The Bertz CT molecular complexity index is 558. The molecule has 0 aliphatic carbocycles. The second-order valence-corrected chi connectivity index (χ2v) is 6.84. The number of likely N-dealkylation sites (N-methyl/N-ethyl adjacent to an activating group) is 1. The van der Waals surface area contributed by atoms with Crippen LogP contribution < -0.4 is 10.6 Å². The Morgan fingerprint density at radius 2 is 1.88 bits per heavy atom. The molecule has 0 aliphatic heterocycles. The van der Waals surface area contributed by atoms with Gasteiger partial charge in [0.15, 0.2) is 5.96 Å². The summed E-state index contributed by atoms with van der Waals surface area (Å²) in [6, 6.07) is 10.3. The molecule has 7 heteroatoms. The summed E-state index contributed by atoms with van der Waals surface area (Å²) in [6.45, 7) is 11.4. The number of amides is 1. The van der Waals surface area contributed by atoms with Gasteiger partial charge in [0, 0.05) is 26.7 Å². The quantitative estimate of drug-likeness (QED) is 0.373. The van der Waals surface area contributed by atoms with Crippen molar-refractivity contribution in [2.45, 2.75) is 46.3 Å². The van der Waals surface area contributed by atoms with Crippen LogP contribution in [-0.4, -0.2) is 49.2 Å². The summed E-state index contributed by atoms with van der Waals surface area (Å²) in [6.07, 6.45) is -0.294. The van der Waals surface area contributed by atoms with E-state index in [0.29, 0.717) is 25.6 Å². The van der Waals surface area contributed by atoms with Gasteiger partial charge in [-0.15, -0.1) is 24.0 Å². The number of hydrogen-bond donors (Lipinski definition) is 2. The normalized spacial score (nSPS) is 12.6. The molecule has 148 valence electrons. The molecule has 1 rings (SSSR count). The molecule has 26 heavy (non-hydrogen) atoms. The Labute approximate surface area is 174 Å². The van der Waals surface area contributed by atoms with Crippen molar-refractivity contribution in [3.05, 3.63) is 35.9 Å². The van der Waals surface area contributed by atoms with Crippen molar-refractivity contribution in [1.29, 1.82) is 0 Å². The molecule has 0 saturated carbocycles. The zero-order valence-electron chi connectivity index (χ0n) is 16.7. The molecule has 0 fully saturated rings. The third-order valence-electron chi connectivity index (χ3n) is 3.58. The van der Waals surface area contributed by atoms with E-state index in [1.807, 2.05) is 45.9 Å². The number of nitrogens with one attached hydrogen (secondary N) is 2. The lowest BCUT2D eigenvalue weighted by Gasteiger charge is -2.27. The van der Waals surface area contributed by atoms with Crippen LogP contribution in [-0.2, 0) is 4.74 Å². The lowest BCUT2D eigenvalue weighted by atomic mass is 10.1. The SMILES string of the molecule is CCN(CCNC(=NC)NC(C)c1ccccc1)C(=O)OC(C)(C)C.I. The smallest absolute Gasteiger partial charge is 0.410 e. The minimum atomic E-state index is -0.485. The Morgan fingerprint density at radius 1 is 1.27 bits per heavy atom. The first-order chi connectivity index (χ1) is 11.8. The molecule has 0 radical (unpaired) electrons. The van der Waals surface area contributed by atoms with Crippen LogP contribution >= 0.6 is 24.0 Å². The molecular weight excluding hydrogens is 443 g/mol. The first-order valence-electron chi connectivity index (χ1n) is 8.77. The molecule has 0 aliphatic rings. The molecule has 0 bridgehead atoms. The van der Waals surface area contributed by atoms with Crippen molar-refractivity contribution in [3.63, 3.8) is 0 Å². The summed E-state index contributed by atoms with van der Waals surface area (Å²) in [7, 11) is 1.73. The number of hydrogen-bond acceptors (Lipinski definition) is 3. The van der Waals surface area contributed by atoms with Crippen LogP contribution in [0, 0.1) is 0 Å². The Hall–Kier alpha value is -1.51. The highest BCUT2D eigenvalue weighted by Crippen LogP contribution is 2.11. The average molecular weight is 476 g/mol. The van der Waals surface area contributed by atoms with Crippen molar-refractivity contribution in [3.8, 4) is 0 Å². The van der Waals surface area contributed by atoms with E-state index in [0.717, 1.165) is 0 Å². The molecule has 0 aromatic heterocycles. The van der Waals surface area contributed by atoms with Gasteiger partial charge in [0.2, 0.25) is 0 Å². The number of benzene rings is 1. The molecular formula is C19H33IN4O2. The molecule has 2 N–H and O–H groups in total. The number of rotatable bonds is 6. The van der Waals surface area contributed by atoms with E-state index >= 15 is 0 Å².